The van der Waals surface area contributed by atoms with Crippen LogP contribution in [0.25, 0.3) is 0 Å². The van der Waals surface area contributed by atoms with Crippen molar-refractivity contribution in [3.8, 4) is 5.75 Å². The number of rotatable bonds is 9. The Morgan fingerprint density at radius 3 is 2.39 bits per heavy atom. The second kappa shape index (κ2) is 10.3. The molecule has 0 aliphatic carbocycles. The maximum Gasteiger partial charge on any atom is 0.243 e. The minimum Gasteiger partial charge on any atom is -0.491 e. The smallest absolute Gasteiger partial charge is 0.243 e. The van der Waals surface area contributed by atoms with E-state index in [4.69, 9.17) is 4.74 Å². The summed E-state index contributed by atoms with van der Waals surface area (Å²) in [6.07, 6.45) is 1.10. The van der Waals surface area contributed by atoms with Gasteiger partial charge in [0.1, 0.15) is 5.75 Å². The molecule has 1 amide bonds. The summed E-state index contributed by atoms with van der Waals surface area (Å²) < 4.78 is 33.4. The van der Waals surface area contributed by atoms with Crippen LogP contribution in [0.4, 0.5) is 0 Å². The second-order valence-electron chi connectivity index (χ2n) is 9.89. The van der Waals surface area contributed by atoms with Crippen LogP contribution in [0.1, 0.15) is 46.1 Å². The van der Waals surface area contributed by atoms with Crippen LogP contribution in [0.3, 0.4) is 0 Å². The van der Waals surface area contributed by atoms with E-state index in [9.17, 15) is 13.2 Å². The number of amides is 1. The molecule has 1 heterocycles. The first-order valence-corrected chi connectivity index (χ1v) is 12.5. The van der Waals surface area contributed by atoms with Gasteiger partial charge in [0, 0.05) is 32.1 Å². The van der Waals surface area contributed by atoms with E-state index in [2.05, 4.69) is 24.1 Å². The molecule has 0 radical (unpaired) electrons. The molecular weight excluding hydrogens is 414 g/mol. The summed E-state index contributed by atoms with van der Waals surface area (Å²) >= 11 is 0. The molecule has 176 valence electrons. The standard InChI is InChI=1S/C23H39N3O4S/c1-17(2)30-21-9-8-20(14-18(21)3)31(28,29)26-12-10-19(11-13-26)22(27)24-15-23(4,5)16-25(6)7/h8-9,14,17,19H,10-13,15-16H2,1-7H3,(H,24,27). The highest BCUT2D eigenvalue weighted by Crippen LogP contribution is 2.28. The third-order valence-corrected chi connectivity index (χ3v) is 7.35. The lowest BCUT2D eigenvalue weighted by atomic mass is 9.91. The molecule has 0 bridgehead atoms. The van der Waals surface area contributed by atoms with Crippen LogP contribution in [-0.2, 0) is 14.8 Å². The Labute approximate surface area is 188 Å². The molecule has 7 nitrogen and oxygen atoms in total. The first kappa shape index (κ1) is 25.6. The molecule has 0 spiro atoms. The highest BCUT2D eigenvalue weighted by atomic mass is 32.2. The quantitative estimate of drug-likeness (QED) is 0.622. The minimum atomic E-state index is -3.59. The first-order valence-electron chi connectivity index (χ1n) is 11.0. The van der Waals surface area contributed by atoms with Crippen LogP contribution in [0.2, 0.25) is 0 Å². The highest BCUT2D eigenvalue weighted by molar-refractivity contribution is 7.89. The first-order chi connectivity index (χ1) is 14.3. The number of benzene rings is 1. The molecular formula is C23H39N3O4S. The molecule has 8 heteroatoms. The van der Waals surface area contributed by atoms with E-state index in [1.165, 1.54) is 4.31 Å². The van der Waals surface area contributed by atoms with Gasteiger partial charge in [-0.3, -0.25) is 4.79 Å². The summed E-state index contributed by atoms with van der Waals surface area (Å²) in [7, 11) is 0.453. The van der Waals surface area contributed by atoms with Crippen LogP contribution in [0.5, 0.6) is 5.75 Å². The summed E-state index contributed by atoms with van der Waals surface area (Å²) in [6, 6.07) is 4.99. The van der Waals surface area contributed by atoms with E-state index in [1.54, 1.807) is 18.2 Å². The second-order valence-corrected chi connectivity index (χ2v) is 11.8. The van der Waals surface area contributed by atoms with Crippen molar-refractivity contribution in [1.82, 2.24) is 14.5 Å². The van der Waals surface area contributed by atoms with Gasteiger partial charge < -0.3 is 15.0 Å². The van der Waals surface area contributed by atoms with Crippen molar-refractivity contribution in [2.75, 3.05) is 40.3 Å². The Hall–Kier alpha value is -1.64. The maximum atomic E-state index is 13.1. The molecule has 31 heavy (non-hydrogen) atoms. The lowest BCUT2D eigenvalue weighted by Gasteiger charge is -2.32. The maximum absolute atomic E-state index is 13.1. The van der Waals surface area contributed by atoms with Gasteiger partial charge in [-0.15, -0.1) is 0 Å². The molecule has 0 aromatic heterocycles. The van der Waals surface area contributed by atoms with Crippen molar-refractivity contribution < 1.29 is 17.9 Å². The van der Waals surface area contributed by atoms with Crippen LogP contribution < -0.4 is 10.1 Å². The Kier molecular flexibility index (Phi) is 8.53. The lowest BCUT2D eigenvalue weighted by molar-refractivity contribution is -0.126. The van der Waals surface area contributed by atoms with Crippen LogP contribution in [0.15, 0.2) is 23.1 Å². The molecule has 0 saturated carbocycles. The van der Waals surface area contributed by atoms with Gasteiger partial charge in [-0.25, -0.2) is 8.42 Å². The number of aryl methyl sites for hydroxylation is 1. The van der Waals surface area contributed by atoms with Gasteiger partial charge in [0.05, 0.1) is 11.0 Å². The van der Waals surface area contributed by atoms with E-state index in [1.807, 2.05) is 34.9 Å². The molecule has 1 aromatic rings. The summed E-state index contributed by atoms with van der Waals surface area (Å²) in [5, 5.41) is 3.06. The van der Waals surface area contributed by atoms with E-state index in [0.29, 0.717) is 38.2 Å². The van der Waals surface area contributed by atoms with Gasteiger partial charge in [0.15, 0.2) is 0 Å². The van der Waals surface area contributed by atoms with Crippen LogP contribution in [0, 0.1) is 18.3 Å². The van der Waals surface area contributed by atoms with Crippen molar-refractivity contribution in [1.29, 1.82) is 0 Å². The SMILES string of the molecule is Cc1cc(S(=O)(=O)N2CCC(C(=O)NCC(C)(C)CN(C)C)CC2)ccc1OC(C)C. The van der Waals surface area contributed by atoms with Gasteiger partial charge >= 0.3 is 0 Å². The summed E-state index contributed by atoms with van der Waals surface area (Å²) in [5.74, 6) is 0.571. The fraction of sp³-hybridized carbons (Fsp3) is 0.696. The number of carbonyl (C=O) groups excluding carboxylic acids is 1. The predicted molar refractivity (Wildman–Crippen MR) is 124 cm³/mol. The van der Waals surface area contributed by atoms with Gasteiger partial charge in [-0.1, -0.05) is 13.8 Å². The summed E-state index contributed by atoms with van der Waals surface area (Å²) in [4.78, 5) is 15.0. The van der Waals surface area contributed by atoms with Crippen molar-refractivity contribution in [3.05, 3.63) is 23.8 Å². The van der Waals surface area contributed by atoms with E-state index in [0.717, 1.165) is 12.1 Å². The zero-order chi connectivity index (χ0) is 23.4. The molecule has 0 atom stereocenters. The molecule has 1 aliphatic heterocycles. The van der Waals surface area contributed by atoms with Crippen molar-refractivity contribution in [3.63, 3.8) is 0 Å². The number of hydrogen-bond donors (Lipinski definition) is 1. The predicted octanol–water partition coefficient (Wildman–Crippen LogP) is 2.89. The van der Waals surface area contributed by atoms with Crippen molar-refractivity contribution >= 4 is 15.9 Å². The number of sulfonamides is 1. The zero-order valence-electron chi connectivity index (χ0n) is 20.1. The van der Waals surface area contributed by atoms with Gasteiger partial charge in [-0.2, -0.15) is 4.31 Å². The average molecular weight is 454 g/mol. The Balaban J connectivity index is 1.95. The average Bonchev–Trinajstić information content (AvgIpc) is 2.66. The molecule has 1 aliphatic rings. The van der Waals surface area contributed by atoms with Crippen molar-refractivity contribution in [2.24, 2.45) is 11.3 Å². The molecule has 2 rings (SSSR count). The molecule has 0 unspecified atom stereocenters. The fourth-order valence-corrected chi connectivity index (χ4v) is 5.61. The topological polar surface area (TPSA) is 79.0 Å². The van der Waals surface area contributed by atoms with E-state index >= 15 is 0 Å². The molecule has 1 N–H and O–H groups in total. The van der Waals surface area contributed by atoms with Crippen LogP contribution in [-0.4, -0.2) is 69.9 Å². The summed E-state index contributed by atoms with van der Waals surface area (Å²) in [5.41, 5.74) is 0.774. The Bertz CT molecular complexity index is 858. The third kappa shape index (κ3) is 7.19. The lowest BCUT2D eigenvalue weighted by Crippen LogP contribution is -2.46. The van der Waals surface area contributed by atoms with Gasteiger partial charge in [-0.05, 0) is 76.9 Å². The number of piperidine rings is 1. The monoisotopic (exact) mass is 453 g/mol. The largest absolute Gasteiger partial charge is 0.491 e. The van der Waals surface area contributed by atoms with Crippen LogP contribution >= 0.6 is 0 Å². The number of nitrogens with zero attached hydrogens (tertiary/aromatic N) is 2. The third-order valence-electron chi connectivity index (χ3n) is 5.46. The van der Waals surface area contributed by atoms with E-state index in [-0.39, 0.29) is 28.2 Å². The van der Waals surface area contributed by atoms with Gasteiger partial charge in [0.2, 0.25) is 15.9 Å². The number of ether oxygens (including phenoxy) is 1. The Morgan fingerprint density at radius 2 is 1.87 bits per heavy atom. The Morgan fingerprint density at radius 1 is 1.26 bits per heavy atom. The number of nitrogens with one attached hydrogen (secondary N) is 1. The zero-order valence-corrected chi connectivity index (χ0v) is 20.9. The fourth-order valence-electron chi connectivity index (χ4n) is 4.06. The summed E-state index contributed by atoms with van der Waals surface area (Å²) in [6.45, 7) is 12.2. The number of hydrogen-bond acceptors (Lipinski definition) is 5. The minimum absolute atomic E-state index is 0.0213. The number of carbonyl (C=O) groups is 1. The molecule has 1 saturated heterocycles. The highest BCUT2D eigenvalue weighted by Gasteiger charge is 2.33. The normalized spacial score (nSPS) is 16.7. The molecule has 1 aromatic carbocycles. The van der Waals surface area contributed by atoms with Gasteiger partial charge in [0.25, 0.3) is 0 Å². The van der Waals surface area contributed by atoms with Crippen molar-refractivity contribution in [2.45, 2.75) is 58.5 Å². The molecule has 1 fully saturated rings. The van der Waals surface area contributed by atoms with E-state index < -0.39 is 10.0 Å².